The van der Waals surface area contributed by atoms with Gasteiger partial charge < -0.3 is 9.47 Å². The van der Waals surface area contributed by atoms with E-state index in [0.29, 0.717) is 19.8 Å². The van der Waals surface area contributed by atoms with Crippen LogP contribution in [0.1, 0.15) is 32.6 Å². The predicted molar refractivity (Wildman–Crippen MR) is 51.9 cm³/mol. The minimum absolute atomic E-state index is 0.0717. The Morgan fingerprint density at radius 3 is 2.21 bits per heavy atom. The molecule has 0 N–H and O–H groups in total. The Balaban J connectivity index is 1.93. The van der Waals surface area contributed by atoms with Gasteiger partial charge in [0, 0.05) is 12.8 Å². The third-order valence-electron chi connectivity index (χ3n) is 3.48. The van der Waals surface area contributed by atoms with E-state index in [2.05, 4.69) is 12.1 Å². The van der Waals surface area contributed by atoms with Crippen molar-refractivity contribution in [2.45, 2.75) is 38.4 Å². The molecule has 1 saturated carbocycles. The lowest BCUT2D eigenvalue weighted by molar-refractivity contribution is -0.189. The number of hydrogen-bond donors (Lipinski definition) is 0. The first-order valence-corrected chi connectivity index (χ1v) is 5.25. The maximum Gasteiger partial charge on any atom is 0.168 e. The van der Waals surface area contributed by atoms with Gasteiger partial charge in [-0.05, 0) is 18.3 Å². The molecule has 2 fully saturated rings. The summed E-state index contributed by atoms with van der Waals surface area (Å²) >= 11 is 0. The third-order valence-corrected chi connectivity index (χ3v) is 3.48. The molecular weight excluding hydrogens is 182 g/mol. The van der Waals surface area contributed by atoms with Crippen molar-refractivity contribution in [3.8, 4) is 0 Å². The fraction of sp³-hybridized carbons (Fsp3) is 1.00. The molecule has 0 atom stereocenters. The molecule has 0 amide bonds. The summed E-state index contributed by atoms with van der Waals surface area (Å²) in [5.41, 5.74) is 0.0717. The molecule has 1 heterocycles. The molecule has 0 aromatic rings. The monoisotopic (exact) mass is 199 g/mol. The average Bonchev–Trinajstić information content (AvgIpc) is 2.61. The number of ether oxygens (including phenoxy) is 2. The fourth-order valence-corrected chi connectivity index (χ4v) is 2.33. The van der Waals surface area contributed by atoms with Crippen LogP contribution in [0.2, 0.25) is 0 Å². The van der Waals surface area contributed by atoms with Crippen LogP contribution in [0.25, 0.3) is 0 Å². The minimum atomic E-state index is -0.317. The SMILES string of the molecule is CC1(CN=O)CCC2(CC1)OCCO2. The van der Waals surface area contributed by atoms with E-state index in [9.17, 15) is 4.91 Å². The maximum atomic E-state index is 10.3. The summed E-state index contributed by atoms with van der Waals surface area (Å²) in [5, 5.41) is 3.01. The molecule has 0 bridgehead atoms. The molecule has 4 nitrogen and oxygen atoms in total. The Morgan fingerprint density at radius 2 is 1.71 bits per heavy atom. The summed E-state index contributed by atoms with van der Waals surface area (Å²) in [6.45, 7) is 3.96. The van der Waals surface area contributed by atoms with Gasteiger partial charge in [-0.15, -0.1) is 0 Å². The van der Waals surface area contributed by atoms with Crippen molar-refractivity contribution < 1.29 is 9.47 Å². The largest absolute Gasteiger partial charge is 0.348 e. The summed E-state index contributed by atoms with van der Waals surface area (Å²) in [6, 6.07) is 0. The smallest absolute Gasteiger partial charge is 0.168 e. The van der Waals surface area contributed by atoms with Gasteiger partial charge in [0.15, 0.2) is 5.79 Å². The molecule has 1 spiro atoms. The molecule has 1 saturated heterocycles. The van der Waals surface area contributed by atoms with Gasteiger partial charge in [0.25, 0.3) is 0 Å². The van der Waals surface area contributed by atoms with Crippen LogP contribution in [0.5, 0.6) is 0 Å². The number of rotatable bonds is 2. The Kier molecular flexibility index (Phi) is 2.58. The first-order valence-electron chi connectivity index (χ1n) is 5.25. The topological polar surface area (TPSA) is 47.9 Å². The maximum absolute atomic E-state index is 10.3. The second-order valence-electron chi connectivity index (χ2n) is 4.71. The molecule has 0 radical (unpaired) electrons. The molecule has 0 unspecified atom stereocenters. The Morgan fingerprint density at radius 1 is 1.14 bits per heavy atom. The molecule has 0 aromatic carbocycles. The van der Waals surface area contributed by atoms with E-state index in [4.69, 9.17) is 9.47 Å². The molecule has 80 valence electrons. The summed E-state index contributed by atoms with van der Waals surface area (Å²) in [5.74, 6) is -0.317. The van der Waals surface area contributed by atoms with Crippen molar-refractivity contribution in [2.75, 3.05) is 19.8 Å². The summed E-state index contributed by atoms with van der Waals surface area (Å²) < 4.78 is 11.2. The molecule has 0 aromatic heterocycles. The lowest BCUT2D eigenvalue weighted by Crippen LogP contribution is -2.39. The number of hydrogen-bond acceptors (Lipinski definition) is 4. The van der Waals surface area contributed by atoms with Crippen LogP contribution in [0, 0.1) is 10.3 Å². The number of nitrogens with zero attached hydrogens (tertiary/aromatic N) is 1. The second-order valence-corrected chi connectivity index (χ2v) is 4.71. The van der Waals surface area contributed by atoms with Gasteiger partial charge in [-0.2, -0.15) is 4.91 Å². The van der Waals surface area contributed by atoms with Gasteiger partial charge in [-0.3, -0.25) is 0 Å². The fourth-order valence-electron chi connectivity index (χ4n) is 2.33. The first kappa shape index (κ1) is 10.1. The van der Waals surface area contributed by atoms with E-state index in [0.717, 1.165) is 25.7 Å². The van der Waals surface area contributed by atoms with Crippen LogP contribution in [0.3, 0.4) is 0 Å². The third kappa shape index (κ3) is 1.81. The highest BCUT2D eigenvalue weighted by molar-refractivity contribution is 4.89. The molecule has 2 aliphatic rings. The van der Waals surface area contributed by atoms with Crippen LogP contribution in [-0.2, 0) is 9.47 Å². The van der Waals surface area contributed by atoms with Crippen LogP contribution >= 0.6 is 0 Å². The molecular formula is C10H17NO3. The van der Waals surface area contributed by atoms with Crippen LogP contribution < -0.4 is 0 Å². The highest BCUT2D eigenvalue weighted by Gasteiger charge is 2.44. The molecule has 2 rings (SSSR count). The Hall–Kier alpha value is -0.480. The summed E-state index contributed by atoms with van der Waals surface area (Å²) in [6.07, 6.45) is 3.75. The average molecular weight is 199 g/mol. The quantitative estimate of drug-likeness (QED) is 0.640. The molecule has 4 heteroatoms. The van der Waals surface area contributed by atoms with Gasteiger partial charge >= 0.3 is 0 Å². The molecule has 14 heavy (non-hydrogen) atoms. The van der Waals surface area contributed by atoms with Gasteiger partial charge in [-0.1, -0.05) is 12.1 Å². The van der Waals surface area contributed by atoms with E-state index in [1.807, 2.05) is 0 Å². The zero-order valence-corrected chi connectivity index (χ0v) is 8.62. The standard InChI is InChI=1S/C10H17NO3/c1-9(8-11-12)2-4-10(5-3-9)13-6-7-14-10/h2-8H2,1H3. The Bertz CT molecular complexity index is 213. The lowest BCUT2D eigenvalue weighted by atomic mass is 9.73. The zero-order valence-electron chi connectivity index (χ0n) is 8.62. The van der Waals surface area contributed by atoms with E-state index in [1.165, 1.54) is 0 Å². The predicted octanol–water partition coefficient (Wildman–Crippen LogP) is 2.08. The van der Waals surface area contributed by atoms with E-state index in [-0.39, 0.29) is 11.2 Å². The highest BCUT2D eigenvalue weighted by atomic mass is 16.7. The Labute approximate surface area is 83.9 Å². The van der Waals surface area contributed by atoms with Crippen LogP contribution in [0.15, 0.2) is 5.18 Å². The lowest BCUT2D eigenvalue weighted by Gasteiger charge is -2.40. The van der Waals surface area contributed by atoms with Crippen molar-refractivity contribution in [1.29, 1.82) is 0 Å². The first-order chi connectivity index (χ1) is 6.68. The van der Waals surface area contributed by atoms with Gasteiger partial charge in [-0.25, -0.2) is 0 Å². The van der Waals surface area contributed by atoms with E-state index < -0.39 is 0 Å². The van der Waals surface area contributed by atoms with Crippen molar-refractivity contribution >= 4 is 0 Å². The van der Waals surface area contributed by atoms with Crippen molar-refractivity contribution in [3.05, 3.63) is 4.91 Å². The van der Waals surface area contributed by atoms with Crippen molar-refractivity contribution in [1.82, 2.24) is 0 Å². The number of nitroso groups, excluding NO2 is 1. The highest BCUT2D eigenvalue weighted by Crippen LogP contribution is 2.44. The molecule has 1 aliphatic heterocycles. The van der Waals surface area contributed by atoms with Crippen LogP contribution in [-0.4, -0.2) is 25.5 Å². The second kappa shape index (κ2) is 3.59. The van der Waals surface area contributed by atoms with E-state index >= 15 is 0 Å². The van der Waals surface area contributed by atoms with Gasteiger partial charge in [0.1, 0.15) is 0 Å². The van der Waals surface area contributed by atoms with Gasteiger partial charge in [0.2, 0.25) is 0 Å². The molecule has 1 aliphatic carbocycles. The zero-order chi connectivity index (χ0) is 10.1. The summed E-state index contributed by atoms with van der Waals surface area (Å²) in [4.78, 5) is 10.3. The van der Waals surface area contributed by atoms with Gasteiger partial charge in [0.05, 0.1) is 19.8 Å². The van der Waals surface area contributed by atoms with Crippen molar-refractivity contribution in [2.24, 2.45) is 10.6 Å². The van der Waals surface area contributed by atoms with Crippen molar-refractivity contribution in [3.63, 3.8) is 0 Å². The van der Waals surface area contributed by atoms with E-state index in [1.54, 1.807) is 0 Å². The minimum Gasteiger partial charge on any atom is -0.348 e. The normalized spacial score (nSPS) is 29.2. The summed E-state index contributed by atoms with van der Waals surface area (Å²) in [7, 11) is 0. The van der Waals surface area contributed by atoms with Crippen LogP contribution in [0.4, 0.5) is 0 Å².